The number of hydrazine groups is 1. The SMILES string of the molecule is COc1cccc(NN(Br)c2cccc(OC)c2Br)c1. The van der Waals surface area contributed by atoms with E-state index >= 15 is 0 Å². The Labute approximate surface area is 135 Å². The number of halogens is 2. The standard InChI is InChI=1S/C14H14Br2N2O2/c1-19-11-6-3-5-10(9-11)17-18(16)12-7-4-8-13(20-2)14(12)15/h3-9,17H,1-2H3. The highest BCUT2D eigenvalue weighted by Gasteiger charge is 2.11. The van der Waals surface area contributed by atoms with E-state index in [2.05, 4.69) is 37.5 Å². The molecule has 6 heteroatoms. The van der Waals surface area contributed by atoms with Crippen LogP contribution in [0.3, 0.4) is 0 Å². The van der Waals surface area contributed by atoms with Gasteiger partial charge in [0.2, 0.25) is 0 Å². The zero-order valence-corrected chi connectivity index (χ0v) is 14.2. The Balaban J connectivity index is 2.21. The van der Waals surface area contributed by atoms with E-state index in [4.69, 9.17) is 9.47 Å². The molecule has 0 saturated carbocycles. The lowest BCUT2D eigenvalue weighted by Gasteiger charge is -2.21. The number of benzene rings is 2. The van der Waals surface area contributed by atoms with E-state index in [9.17, 15) is 0 Å². The van der Waals surface area contributed by atoms with Gasteiger partial charge in [-0.2, -0.15) is 0 Å². The van der Waals surface area contributed by atoms with Crippen LogP contribution in [0.1, 0.15) is 0 Å². The Morgan fingerprint density at radius 1 is 1.05 bits per heavy atom. The molecule has 0 bridgehead atoms. The number of ether oxygens (including phenoxy) is 2. The van der Waals surface area contributed by atoms with Crippen LogP contribution in [0, 0.1) is 0 Å². The van der Waals surface area contributed by atoms with Gasteiger partial charge in [0.15, 0.2) is 0 Å². The Kier molecular flexibility index (Phi) is 5.14. The maximum absolute atomic E-state index is 5.28. The predicted molar refractivity (Wildman–Crippen MR) is 88.7 cm³/mol. The maximum Gasteiger partial charge on any atom is 0.135 e. The number of hydrogen-bond donors (Lipinski definition) is 1. The van der Waals surface area contributed by atoms with Gasteiger partial charge in [-0.15, -0.1) is 0 Å². The molecular formula is C14H14Br2N2O2. The summed E-state index contributed by atoms with van der Waals surface area (Å²) in [6, 6.07) is 13.4. The summed E-state index contributed by atoms with van der Waals surface area (Å²) >= 11 is 7.00. The monoisotopic (exact) mass is 400 g/mol. The molecule has 1 N–H and O–H groups in total. The minimum Gasteiger partial charge on any atom is -0.497 e. The highest BCUT2D eigenvalue weighted by Crippen LogP contribution is 2.36. The van der Waals surface area contributed by atoms with Crippen LogP contribution in [0.15, 0.2) is 46.9 Å². The van der Waals surface area contributed by atoms with Crippen LogP contribution in [0.4, 0.5) is 11.4 Å². The molecule has 0 radical (unpaired) electrons. The first-order chi connectivity index (χ1) is 9.65. The van der Waals surface area contributed by atoms with E-state index in [-0.39, 0.29) is 0 Å². The summed E-state index contributed by atoms with van der Waals surface area (Å²) in [7, 11) is 3.28. The number of methoxy groups -OCH3 is 2. The van der Waals surface area contributed by atoms with Gasteiger partial charge >= 0.3 is 0 Å². The number of nitrogens with one attached hydrogen (secondary N) is 1. The second-order valence-corrected chi connectivity index (χ2v) is 5.42. The van der Waals surface area contributed by atoms with Gasteiger partial charge in [0, 0.05) is 6.07 Å². The van der Waals surface area contributed by atoms with E-state index < -0.39 is 0 Å². The molecule has 106 valence electrons. The smallest absolute Gasteiger partial charge is 0.135 e. The van der Waals surface area contributed by atoms with Crippen LogP contribution in [0.25, 0.3) is 0 Å². The first-order valence-corrected chi connectivity index (χ1v) is 7.35. The highest BCUT2D eigenvalue weighted by molar-refractivity contribution is 9.11. The van der Waals surface area contributed by atoms with E-state index in [0.717, 1.165) is 27.3 Å². The van der Waals surface area contributed by atoms with Crippen molar-refractivity contribution >= 4 is 43.5 Å². The van der Waals surface area contributed by atoms with Crippen molar-refractivity contribution in [2.24, 2.45) is 0 Å². The van der Waals surface area contributed by atoms with Gasteiger partial charge in [0.25, 0.3) is 0 Å². The van der Waals surface area contributed by atoms with Crippen LogP contribution in [0.2, 0.25) is 0 Å². The second-order valence-electron chi connectivity index (χ2n) is 3.92. The fourth-order valence-electron chi connectivity index (χ4n) is 1.67. The number of hydrogen-bond acceptors (Lipinski definition) is 4. The van der Waals surface area contributed by atoms with E-state index in [1.165, 1.54) is 0 Å². The van der Waals surface area contributed by atoms with Gasteiger partial charge in [-0.3, -0.25) is 5.43 Å². The molecule has 0 aliphatic rings. The molecule has 0 atom stereocenters. The molecule has 2 aromatic rings. The van der Waals surface area contributed by atoms with Gasteiger partial charge in [-0.25, -0.2) is 4.03 Å². The average Bonchev–Trinajstić information content (AvgIpc) is 2.47. The van der Waals surface area contributed by atoms with Crippen LogP contribution in [-0.2, 0) is 0 Å². The fraction of sp³-hybridized carbons (Fsp3) is 0.143. The van der Waals surface area contributed by atoms with Crippen LogP contribution in [-0.4, -0.2) is 14.2 Å². The van der Waals surface area contributed by atoms with Gasteiger partial charge in [-0.05, 0) is 40.2 Å². The van der Waals surface area contributed by atoms with E-state index in [0.29, 0.717) is 0 Å². The summed E-state index contributed by atoms with van der Waals surface area (Å²) in [5.74, 6) is 1.56. The topological polar surface area (TPSA) is 33.7 Å². The highest BCUT2D eigenvalue weighted by atomic mass is 79.9. The van der Waals surface area contributed by atoms with Crippen molar-refractivity contribution in [3.8, 4) is 11.5 Å². The largest absolute Gasteiger partial charge is 0.497 e. The average molecular weight is 402 g/mol. The number of rotatable bonds is 5. The molecule has 0 heterocycles. The summed E-state index contributed by atoms with van der Waals surface area (Å²) < 4.78 is 13.1. The summed E-state index contributed by atoms with van der Waals surface area (Å²) in [5, 5.41) is 0. The Hall–Kier alpha value is -1.40. The maximum atomic E-state index is 5.28. The van der Waals surface area contributed by atoms with Gasteiger partial charge in [0.1, 0.15) is 11.5 Å². The van der Waals surface area contributed by atoms with Crippen LogP contribution < -0.4 is 18.9 Å². The lowest BCUT2D eigenvalue weighted by Crippen LogP contribution is -2.18. The summed E-state index contributed by atoms with van der Waals surface area (Å²) in [5.41, 5.74) is 5.00. The molecule has 2 rings (SSSR count). The van der Waals surface area contributed by atoms with Crippen molar-refractivity contribution in [3.05, 3.63) is 46.9 Å². The summed E-state index contributed by atoms with van der Waals surface area (Å²) in [6.45, 7) is 0. The third kappa shape index (κ3) is 3.37. The van der Waals surface area contributed by atoms with Gasteiger partial charge in [-0.1, -0.05) is 12.1 Å². The normalized spacial score (nSPS) is 10.0. The molecular weight excluding hydrogens is 388 g/mol. The van der Waals surface area contributed by atoms with Crippen molar-refractivity contribution in [2.45, 2.75) is 0 Å². The van der Waals surface area contributed by atoms with Gasteiger partial charge in [0.05, 0.1) is 46.2 Å². The Morgan fingerprint density at radius 3 is 2.50 bits per heavy atom. The van der Waals surface area contributed by atoms with E-state index in [1.54, 1.807) is 18.3 Å². The first-order valence-electron chi connectivity index (χ1n) is 5.85. The molecule has 0 spiro atoms. The fourth-order valence-corrected chi connectivity index (χ4v) is 3.02. The quantitative estimate of drug-likeness (QED) is 0.585. The molecule has 2 aromatic carbocycles. The number of anilines is 2. The van der Waals surface area contributed by atoms with Crippen molar-refractivity contribution in [1.82, 2.24) is 0 Å². The minimum absolute atomic E-state index is 0.763. The summed E-state index contributed by atoms with van der Waals surface area (Å²) in [4.78, 5) is 0. The molecule has 4 nitrogen and oxygen atoms in total. The lowest BCUT2D eigenvalue weighted by atomic mass is 10.3. The molecule has 0 saturated heterocycles. The third-order valence-electron chi connectivity index (χ3n) is 2.67. The Bertz CT molecular complexity index is 593. The molecule has 0 aliphatic carbocycles. The van der Waals surface area contributed by atoms with Gasteiger partial charge < -0.3 is 9.47 Å². The molecule has 20 heavy (non-hydrogen) atoms. The summed E-state index contributed by atoms with van der Waals surface area (Å²) in [6.07, 6.45) is 0. The first kappa shape index (κ1) is 15.0. The van der Waals surface area contributed by atoms with Crippen molar-refractivity contribution in [1.29, 1.82) is 0 Å². The van der Waals surface area contributed by atoms with Crippen molar-refractivity contribution in [3.63, 3.8) is 0 Å². The predicted octanol–water partition coefficient (Wildman–Crippen LogP) is 4.61. The van der Waals surface area contributed by atoms with Crippen LogP contribution in [0.5, 0.6) is 11.5 Å². The van der Waals surface area contributed by atoms with Crippen LogP contribution >= 0.6 is 32.1 Å². The zero-order chi connectivity index (χ0) is 14.5. The third-order valence-corrected chi connectivity index (χ3v) is 4.03. The van der Waals surface area contributed by atoms with Crippen molar-refractivity contribution in [2.75, 3.05) is 23.7 Å². The lowest BCUT2D eigenvalue weighted by molar-refractivity contribution is 0.412. The minimum atomic E-state index is 0.763. The van der Waals surface area contributed by atoms with Crippen molar-refractivity contribution < 1.29 is 9.47 Å². The molecule has 0 aliphatic heterocycles. The molecule has 0 unspecified atom stereocenters. The molecule has 0 fully saturated rings. The molecule has 0 amide bonds. The Morgan fingerprint density at radius 2 is 1.80 bits per heavy atom. The zero-order valence-electron chi connectivity index (χ0n) is 11.1. The molecule has 0 aromatic heterocycles. The van der Waals surface area contributed by atoms with E-state index in [1.807, 2.05) is 42.5 Å². The number of nitrogens with zero attached hydrogens (tertiary/aromatic N) is 1. The second kappa shape index (κ2) is 6.85.